The third-order valence-electron chi connectivity index (χ3n) is 2.18. The van der Waals surface area contributed by atoms with Gasteiger partial charge in [-0.3, -0.25) is 4.68 Å². The Hall–Kier alpha value is -2.05. The second kappa shape index (κ2) is 3.51. The molecule has 1 N–H and O–H groups in total. The molecule has 2 aromatic heterocycles. The number of alkyl halides is 2. The van der Waals surface area contributed by atoms with Crippen molar-refractivity contribution in [2.75, 3.05) is 0 Å². The van der Waals surface area contributed by atoms with E-state index in [1.807, 2.05) is 0 Å². The van der Waals surface area contributed by atoms with E-state index >= 15 is 0 Å². The van der Waals surface area contributed by atoms with Crippen LogP contribution < -0.4 is 0 Å². The Morgan fingerprint density at radius 1 is 1.56 bits per heavy atom. The molecular formula is C9H7F2N3O2. The highest BCUT2D eigenvalue weighted by atomic mass is 19.3. The summed E-state index contributed by atoms with van der Waals surface area (Å²) in [5, 5.41) is 12.9. The van der Waals surface area contributed by atoms with E-state index in [4.69, 9.17) is 5.11 Å². The van der Waals surface area contributed by atoms with Crippen LogP contribution in [-0.4, -0.2) is 25.8 Å². The fourth-order valence-corrected chi connectivity index (χ4v) is 1.42. The lowest BCUT2D eigenvalue weighted by atomic mass is 10.1. The van der Waals surface area contributed by atoms with Gasteiger partial charge in [-0.1, -0.05) is 0 Å². The molecule has 0 fully saturated rings. The number of aromatic nitrogens is 3. The maximum atomic E-state index is 12.5. The van der Waals surface area contributed by atoms with Crippen LogP contribution in [0.3, 0.4) is 0 Å². The number of fused-ring (bicyclic) bond motifs is 1. The second-order valence-electron chi connectivity index (χ2n) is 3.21. The molecule has 0 aliphatic rings. The molecule has 0 amide bonds. The molecule has 0 saturated heterocycles. The number of aryl methyl sites for hydroxylation is 1. The average Bonchev–Trinajstić information content (AvgIpc) is 2.59. The zero-order valence-electron chi connectivity index (χ0n) is 8.19. The van der Waals surface area contributed by atoms with Crippen LogP contribution in [0.1, 0.15) is 22.5 Å². The van der Waals surface area contributed by atoms with Gasteiger partial charge in [0.25, 0.3) is 6.43 Å². The monoisotopic (exact) mass is 227 g/mol. The van der Waals surface area contributed by atoms with E-state index in [2.05, 4.69) is 10.1 Å². The summed E-state index contributed by atoms with van der Waals surface area (Å²) < 4.78 is 26.2. The summed E-state index contributed by atoms with van der Waals surface area (Å²) in [7, 11) is 1.51. The van der Waals surface area contributed by atoms with Crippen LogP contribution in [0.5, 0.6) is 0 Å². The first-order chi connectivity index (χ1) is 7.50. The van der Waals surface area contributed by atoms with Crippen molar-refractivity contribution in [2.24, 2.45) is 7.05 Å². The van der Waals surface area contributed by atoms with Crippen LogP contribution in [0.25, 0.3) is 11.0 Å². The number of hydrogen-bond donors (Lipinski definition) is 1. The van der Waals surface area contributed by atoms with Crippen molar-refractivity contribution in [3.05, 3.63) is 23.5 Å². The van der Waals surface area contributed by atoms with Crippen LogP contribution in [0.15, 0.2) is 12.3 Å². The third-order valence-corrected chi connectivity index (χ3v) is 2.18. The highest BCUT2D eigenvalue weighted by Gasteiger charge is 2.18. The minimum atomic E-state index is -2.81. The van der Waals surface area contributed by atoms with Gasteiger partial charge >= 0.3 is 5.97 Å². The van der Waals surface area contributed by atoms with E-state index < -0.39 is 18.1 Å². The van der Waals surface area contributed by atoms with Gasteiger partial charge in [-0.25, -0.2) is 18.6 Å². The van der Waals surface area contributed by atoms with Crippen LogP contribution in [0.4, 0.5) is 8.78 Å². The summed E-state index contributed by atoms with van der Waals surface area (Å²) in [6.07, 6.45) is -1.52. The van der Waals surface area contributed by atoms with Gasteiger partial charge in [0, 0.05) is 7.05 Å². The normalized spacial score (nSPS) is 11.2. The lowest BCUT2D eigenvalue weighted by molar-refractivity contribution is 0.0698. The van der Waals surface area contributed by atoms with Gasteiger partial charge < -0.3 is 5.11 Å². The fraction of sp³-hybridized carbons (Fsp3) is 0.222. The van der Waals surface area contributed by atoms with E-state index in [1.165, 1.54) is 17.9 Å². The van der Waals surface area contributed by atoms with E-state index in [9.17, 15) is 13.6 Å². The number of hydrogen-bond acceptors (Lipinski definition) is 3. The molecular weight excluding hydrogens is 220 g/mol. The van der Waals surface area contributed by atoms with Crippen LogP contribution >= 0.6 is 0 Å². The van der Waals surface area contributed by atoms with Gasteiger partial charge in [-0.15, -0.1) is 0 Å². The molecule has 0 atom stereocenters. The second-order valence-corrected chi connectivity index (χ2v) is 3.21. The van der Waals surface area contributed by atoms with Gasteiger partial charge in [0.1, 0.15) is 5.69 Å². The molecule has 2 aromatic rings. The molecule has 16 heavy (non-hydrogen) atoms. The van der Waals surface area contributed by atoms with Crippen molar-refractivity contribution in [3.8, 4) is 0 Å². The quantitative estimate of drug-likeness (QED) is 0.846. The van der Waals surface area contributed by atoms with Crippen LogP contribution in [0.2, 0.25) is 0 Å². The number of carbonyl (C=O) groups is 1. The largest absolute Gasteiger partial charge is 0.478 e. The summed E-state index contributed by atoms with van der Waals surface area (Å²) in [4.78, 5) is 14.6. The predicted molar refractivity (Wildman–Crippen MR) is 50.4 cm³/mol. The summed E-state index contributed by atoms with van der Waals surface area (Å²) in [6.45, 7) is 0. The van der Waals surface area contributed by atoms with Crippen LogP contribution in [-0.2, 0) is 7.05 Å². The first-order valence-electron chi connectivity index (χ1n) is 4.35. The van der Waals surface area contributed by atoms with Crippen molar-refractivity contribution in [3.63, 3.8) is 0 Å². The molecule has 0 spiro atoms. The number of rotatable bonds is 2. The molecule has 0 aromatic carbocycles. The summed E-state index contributed by atoms with van der Waals surface area (Å²) >= 11 is 0. The predicted octanol–water partition coefficient (Wildman–Crippen LogP) is 1.60. The van der Waals surface area contributed by atoms with E-state index in [1.54, 1.807) is 0 Å². The maximum Gasteiger partial charge on any atom is 0.336 e. The van der Waals surface area contributed by atoms with Crippen molar-refractivity contribution in [1.29, 1.82) is 0 Å². The Morgan fingerprint density at radius 2 is 2.25 bits per heavy atom. The SMILES string of the molecule is Cn1ncc2c(C(=O)O)cc(C(F)F)nc21. The number of halogens is 2. The van der Waals surface area contributed by atoms with Gasteiger partial charge in [0.15, 0.2) is 5.65 Å². The average molecular weight is 227 g/mol. The minimum absolute atomic E-state index is 0.134. The number of carboxylic acids is 1. The molecule has 2 heterocycles. The zero-order valence-corrected chi connectivity index (χ0v) is 8.19. The molecule has 0 aliphatic carbocycles. The van der Waals surface area contributed by atoms with Crippen molar-refractivity contribution in [2.45, 2.75) is 6.43 Å². The first kappa shape index (κ1) is 10.5. The minimum Gasteiger partial charge on any atom is -0.478 e. The summed E-state index contributed by atoms with van der Waals surface area (Å²) in [6, 6.07) is 0.872. The molecule has 7 heteroatoms. The topological polar surface area (TPSA) is 68.0 Å². The fourth-order valence-electron chi connectivity index (χ4n) is 1.42. The number of carboxylic acid groups (broad SMARTS) is 1. The molecule has 0 aliphatic heterocycles. The Bertz CT molecular complexity index is 565. The van der Waals surface area contributed by atoms with Crippen molar-refractivity contribution >= 4 is 17.0 Å². The Kier molecular flexibility index (Phi) is 2.30. The van der Waals surface area contributed by atoms with Gasteiger partial charge in [0.2, 0.25) is 0 Å². The molecule has 5 nitrogen and oxygen atoms in total. The van der Waals surface area contributed by atoms with Gasteiger partial charge in [-0.05, 0) is 6.07 Å². The maximum absolute atomic E-state index is 12.5. The number of pyridine rings is 1. The lowest BCUT2D eigenvalue weighted by Crippen LogP contribution is -2.03. The number of nitrogens with zero attached hydrogens (tertiary/aromatic N) is 3. The summed E-state index contributed by atoms with van der Waals surface area (Å²) in [5.41, 5.74) is -0.642. The Balaban J connectivity index is 2.81. The molecule has 0 bridgehead atoms. The summed E-state index contributed by atoms with van der Waals surface area (Å²) in [5.74, 6) is -1.28. The Morgan fingerprint density at radius 3 is 2.81 bits per heavy atom. The third kappa shape index (κ3) is 1.50. The molecule has 0 radical (unpaired) electrons. The van der Waals surface area contributed by atoms with E-state index in [0.29, 0.717) is 0 Å². The highest BCUT2D eigenvalue weighted by molar-refractivity contribution is 6.01. The van der Waals surface area contributed by atoms with Crippen LogP contribution in [0, 0.1) is 0 Å². The van der Waals surface area contributed by atoms with Gasteiger partial charge in [-0.2, -0.15) is 5.10 Å². The van der Waals surface area contributed by atoms with Crippen molar-refractivity contribution < 1.29 is 18.7 Å². The van der Waals surface area contributed by atoms with Crippen molar-refractivity contribution in [1.82, 2.24) is 14.8 Å². The highest BCUT2D eigenvalue weighted by Crippen LogP contribution is 2.23. The van der Waals surface area contributed by atoms with Gasteiger partial charge in [0.05, 0.1) is 17.1 Å². The van der Waals surface area contributed by atoms with E-state index in [0.717, 1.165) is 6.07 Å². The standard InChI is InChI=1S/C9H7F2N3O2/c1-14-8-5(3-12-14)4(9(15)16)2-6(13-8)7(10)11/h2-3,7H,1H3,(H,15,16). The molecule has 84 valence electrons. The van der Waals surface area contributed by atoms with E-state index in [-0.39, 0.29) is 16.6 Å². The number of aromatic carboxylic acids is 1. The Labute approximate surface area is 88.3 Å². The molecule has 0 saturated carbocycles. The molecule has 0 unspecified atom stereocenters. The lowest BCUT2D eigenvalue weighted by Gasteiger charge is -2.03. The smallest absolute Gasteiger partial charge is 0.336 e. The first-order valence-corrected chi connectivity index (χ1v) is 4.35. The zero-order chi connectivity index (χ0) is 11.9. The molecule has 2 rings (SSSR count).